The number of carbonyl (C=O) groups is 2. The van der Waals surface area contributed by atoms with Gasteiger partial charge in [-0.2, -0.15) is 0 Å². The number of halogens is 1. The van der Waals surface area contributed by atoms with Crippen LogP contribution in [0.15, 0.2) is 30.5 Å². The van der Waals surface area contributed by atoms with Gasteiger partial charge in [0.2, 0.25) is 0 Å². The van der Waals surface area contributed by atoms with Crippen LogP contribution in [0.1, 0.15) is 22.8 Å². The third-order valence-corrected chi connectivity index (χ3v) is 5.22. The predicted molar refractivity (Wildman–Crippen MR) is 116 cm³/mol. The second-order valence-electron chi connectivity index (χ2n) is 6.86. The van der Waals surface area contributed by atoms with Crippen molar-refractivity contribution in [2.75, 3.05) is 43.0 Å². The van der Waals surface area contributed by atoms with Crippen LogP contribution in [0.25, 0.3) is 0 Å². The Morgan fingerprint density at radius 2 is 2.00 bits per heavy atom. The number of anilines is 2. The first-order valence-electron chi connectivity index (χ1n) is 9.69. The number of nitrogens with zero attached hydrogens (tertiary/aromatic N) is 4. The molecule has 3 rings (SSSR count). The van der Waals surface area contributed by atoms with Gasteiger partial charge in [-0.3, -0.25) is 10.1 Å². The van der Waals surface area contributed by atoms with Gasteiger partial charge in [-0.15, -0.1) is 0 Å². The van der Waals surface area contributed by atoms with Crippen LogP contribution in [0.4, 0.5) is 22.0 Å². The van der Waals surface area contributed by atoms with Crippen LogP contribution in [0.5, 0.6) is 0 Å². The number of nitrogens with one attached hydrogen (secondary N) is 1. The Labute approximate surface area is 183 Å². The highest BCUT2D eigenvalue weighted by molar-refractivity contribution is 6.33. The molecule has 164 valence electrons. The first-order valence-corrected chi connectivity index (χ1v) is 10.1. The van der Waals surface area contributed by atoms with Gasteiger partial charge < -0.3 is 19.9 Å². The molecule has 1 N–H and O–H groups in total. The summed E-state index contributed by atoms with van der Waals surface area (Å²) in [6.07, 6.45) is 1.42. The summed E-state index contributed by atoms with van der Waals surface area (Å²) in [4.78, 5) is 42.9. The molecule has 2 aromatic rings. The maximum absolute atomic E-state index is 12.6. The van der Waals surface area contributed by atoms with Crippen molar-refractivity contribution in [1.82, 2.24) is 9.88 Å². The Bertz CT molecular complexity index is 1010. The molecule has 0 bridgehead atoms. The van der Waals surface area contributed by atoms with E-state index in [1.54, 1.807) is 24.8 Å². The van der Waals surface area contributed by atoms with E-state index in [-0.39, 0.29) is 23.9 Å². The molecule has 1 aliphatic heterocycles. The van der Waals surface area contributed by atoms with E-state index in [0.717, 1.165) is 0 Å². The number of esters is 1. The number of rotatable bonds is 5. The molecule has 0 radical (unpaired) electrons. The first kappa shape index (κ1) is 22.3. The summed E-state index contributed by atoms with van der Waals surface area (Å²) in [5.74, 6) is 0.0469. The largest absolute Gasteiger partial charge is 0.462 e. The fraction of sp³-hybridized carbons (Fsp3) is 0.350. The van der Waals surface area contributed by atoms with Crippen molar-refractivity contribution >= 4 is 40.8 Å². The summed E-state index contributed by atoms with van der Waals surface area (Å²) in [5, 5.41) is 14.2. The van der Waals surface area contributed by atoms with Gasteiger partial charge >= 0.3 is 12.0 Å². The molecule has 10 nitrogen and oxygen atoms in total. The molecule has 11 heteroatoms. The standard InChI is InChI=1S/C20H22ClN5O5/c1-3-31-19(27)14-11-15(21)18(22-12-14)24-7-9-25(10-8-24)20(28)23-16-5-4-6-17(13(16)2)26(29)30/h4-6,11-12H,3,7-10H2,1-2H3,(H,23,28). The number of carbonyl (C=O) groups excluding carboxylic acids is 2. The first-order chi connectivity index (χ1) is 14.8. The Morgan fingerprint density at radius 3 is 2.61 bits per heavy atom. The van der Waals surface area contributed by atoms with Gasteiger partial charge in [-0.05, 0) is 26.0 Å². The van der Waals surface area contributed by atoms with E-state index in [1.165, 1.54) is 24.4 Å². The molecule has 31 heavy (non-hydrogen) atoms. The molecule has 0 aliphatic carbocycles. The monoisotopic (exact) mass is 447 g/mol. The SMILES string of the molecule is CCOC(=O)c1cnc(N2CCN(C(=O)Nc3cccc([N+](=O)[O-])c3C)CC2)c(Cl)c1. The molecular weight excluding hydrogens is 426 g/mol. The number of piperazine rings is 1. The number of benzene rings is 1. The number of ether oxygens (including phenoxy) is 1. The lowest BCUT2D eigenvalue weighted by atomic mass is 10.1. The molecule has 1 aliphatic rings. The van der Waals surface area contributed by atoms with Crippen LogP contribution < -0.4 is 10.2 Å². The highest BCUT2D eigenvalue weighted by atomic mass is 35.5. The lowest BCUT2D eigenvalue weighted by molar-refractivity contribution is -0.385. The van der Waals surface area contributed by atoms with Crippen LogP contribution in [0.3, 0.4) is 0 Å². The summed E-state index contributed by atoms with van der Waals surface area (Å²) in [6, 6.07) is 5.75. The zero-order chi connectivity index (χ0) is 22.5. The molecule has 1 aromatic carbocycles. The van der Waals surface area contributed by atoms with Crippen LogP contribution in [-0.2, 0) is 4.74 Å². The summed E-state index contributed by atoms with van der Waals surface area (Å²) in [5.41, 5.74) is 1.04. The van der Waals surface area contributed by atoms with Gasteiger partial charge in [-0.25, -0.2) is 14.6 Å². The maximum atomic E-state index is 12.6. The number of nitro benzene ring substituents is 1. The molecule has 0 saturated carbocycles. The summed E-state index contributed by atoms with van der Waals surface area (Å²) < 4.78 is 4.95. The lowest BCUT2D eigenvalue weighted by Crippen LogP contribution is -2.50. The van der Waals surface area contributed by atoms with Crippen molar-refractivity contribution in [2.24, 2.45) is 0 Å². The molecule has 1 saturated heterocycles. The lowest BCUT2D eigenvalue weighted by Gasteiger charge is -2.35. The second-order valence-corrected chi connectivity index (χ2v) is 7.27. The van der Waals surface area contributed by atoms with E-state index >= 15 is 0 Å². The topological polar surface area (TPSA) is 118 Å². The predicted octanol–water partition coefficient (Wildman–Crippen LogP) is 3.48. The summed E-state index contributed by atoms with van der Waals surface area (Å²) in [6.45, 7) is 5.39. The van der Waals surface area contributed by atoms with Crippen LogP contribution in [0.2, 0.25) is 5.02 Å². The fourth-order valence-electron chi connectivity index (χ4n) is 3.26. The van der Waals surface area contributed by atoms with E-state index in [1.807, 2.05) is 4.90 Å². The van der Waals surface area contributed by atoms with Gasteiger partial charge in [0.15, 0.2) is 0 Å². The Hall–Kier alpha value is -3.40. The normalized spacial score (nSPS) is 13.6. The number of urea groups is 1. The Kier molecular flexibility index (Phi) is 6.91. The number of aromatic nitrogens is 1. The third kappa shape index (κ3) is 5.02. The molecule has 0 unspecified atom stereocenters. The molecule has 1 fully saturated rings. The molecule has 2 amide bonds. The minimum atomic E-state index is -0.485. The van der Waals surface area contributed by atoms with E-state index in [9.17, 15) is 19.7 Å². The van der Waals surface area contributed by atoms with Crippen LogP contribution in [0, 0.1) is 17.0 Å². The Morgan fingerprint density at radius 1 is 1.29 bits per heavy atom. The molecule has 1 aromatic heterocycles. The maximum Gasteiger partial charge on any atom is 0.339 e. The van der Waals surface area contributed by atoms with Crippen molar-refractivity contribution in [3.05, 3.63) is 56.7 Å². The minimum Gasteiger partial charge on any atom is -0.462 e. The average Bonchev–Trinajstić information content (AvgIpc) is 2.75. The van der Waals surface area contributed by atoms with Crippen molar-refractivity contribution in [3.8, 4) is 0 Å². The summed E-state index contributed by atoms with van der Waals surface area (Å²) in [7, 11) is 0. The van der Waals surface area contributed by atoms with E-state index < -0.39 is 10.9 Å². The van der Waals surface area contributed by atoms with E-state index in [2.05, 4.69) is 10.3 Å². The average molecular weight is 448 g/mol. The molecule has 0 spiro atoms. The summed E-state index contributed by atoms with van der Waals surface area (Å²) >= 11 is 6.31. The van der Waals surface area contributed by atoms with Crippen molar-refractivity contribution in [1.29, 1.82) is 0 Å². The van der Waals surface area contributed by atoms with Gasteiger partial charge in [-0.1, -0.05) is 17.7 Å². The second kappa shape index (κ2) is 9.61. The highest BCUT2D eigenvalue weighted by Gasteiger charge is 2.25. The minimum absolute atomic E-state index is 0.0467. The number of pyridine rings is 1. The zero-order valence-corrected chi connectivity index (χ0v) is 17.9. The quantitative estimate of drug-likeness (QED) is 0.423. The fourth-order valence-corrected chi connectivity index (χ4v) is 3.55. The van der Waals surface area contributed by atoms with Gasteiger partial charge in [0, 0.05) is 38.4 Å². The molecule has 0 atom stereocenters. The molecular formula is C20H22ClN5O5. The smallest absolute Gasteiger partial charge is 0.339 e. The Balaban J connectivity index is 1.62. The van der Waals surface area contributed by atoms with Gasteiger partial charge in [0.1, 0.15) is 5.82 Å². The number of hydrogen-bond donors (Lipinski definition) is 1. The van der Waals surface area contributed by atoms with E-state index in [4.69, 9.17) is 16.3 Å². The van der Waals surface area contributed by atoms with Crippen molar-refractivity contribution in [3.63, 3.8) is 0 Å². The number of amides is 2. The number of nitro groups is 1. The van der Waals surface area contributed by atoms with Crippen molar-refractivity contribution < 1.29 is 19.2 Å². The van der Waals surface area contributed by atoms with Gasteiger partial charge in [0.05, 0.1) is 33.4 Å². The highest BCUT2D eigenvalue weighted by Crippen LogP contribution is 2.27. The third-order valence-electron chi connectivity index (χ3n) is 4.94. The number of hydrogen-bond acceptors (Lipinski definition) is 7. The van der Waals surface area contributed by atoms with Crippen LogP contribution >= 0.6 is 11.6 Å². The van der Waals surface area contributed by atoms with Crippen molar-refractivity contribution in [2.45, 2.75) is 13.8 Å². The van der Waals surface area contributed by atoms with Gasteiger partial charge in [0.25, 0.3) is 5.69 Å². The van der Waals surface area contributed by atoms with Crippen LogP contribution in [-0.4, -0.2) is 59.6 Å². The zero-order valence-electron chi connectivity index (χ0n) is 17.1. The van der Waals surface area contributed by atoms with E-state index in [0.29, 0.717) is 48.3 Å². The molecule has 2 heterocycles.